The fourth-order valence-electron chi connectivity index (χ4n) is 3.94. The second-order valence-electron chi connectivity index (χ2n) is 6.76. The molecule has 1 aliphatic carbocycles. The van der Waals surface area contributed by atoms with Gasteiger partial charge < -0.3 is 9.73 Å². The number of fused-ring (bicyclic) bond motifs is 1. The maximum atomic E-state index is 12.8. The summed E-state index contributed by atoms with van der Waals surface area (Å²) in [6.45, 7) is 3.39. The number of nitrogens with one attached hydrogen (secondary N) is 2. The summed E-state index contributed by atoms with van der Waals surface area (Å²) in [5.41, 5.74) is 1.23. The summed E-state index contributed by atoms with van der Waals surface area (Å²) in [7, 11) is -3.53. The minimum absolute atomic E-state index is 0.290. The summed E-state index contributed by atoms with van der Waals surface area (Å²) < 4.78 is 33.8. The zero-order valence-electron chi connectivity index (χ0n) is 13.6. The Bertz CT molecular complexity index is 832. The van der Waals surface area contributed by atoms with E-state index in [9.17, 15) is 8.42 Å². The molecule has 2 aromatic rings. The Labute approximate surface area is 141 Å². The van der Waals surface area contributed by atoms with Crippen molar-refractivity contribution in [3.63, 3.8) is 0 Å². The number of aromatic nitrogens is 1. The first-order chi connectivity index (χ1) is 11.5. The van der Waals surface area contributed by atoms with E-state index < -0.39 is 10.0 Å². The minimum Gasteiger partial charge on any atom is -0.449 e. The molecule has 2 atom stereocenters. The second kappa shape index (κ2) is 5.68. The van der Waals surface area contributed by atoms with Crippen LogP contribution in [0.5, 0.6) is 0 Å². The Morgan fingerprint density at radius 1 is 1.33 bits per heavy atom. The lowest BCUT2D eigenvalue weighted by Gasteiger charge is -2.29. The van der Waals surface area contributed by atoms with Crippen molar-refractivity contribution in [3.05, 3.63) is 36.4 Å². The van der Waals surface area contributed by atoms with Crippen molar-refractivity contribution in [2.75, 3.05) is 13.1 Å². The maximum absolute atomic E-state index is 12.8. The third-order valence-corrected chi connectivity index (χ3v) is 6.77. The van der Waals surface area contributed by atoms with Gasteiger partial charge in [-0.3, -0.25) is 0 Å². The van der Waals surface area contributed by atoms with Crippen LogP contribution < -0.4 is 10.0 Å². The summed E-state index contributed by atoms with van der Waals surface area (Å²) in [6.07, 6.45) is 4.64. The van der Waals surface area contributed by atoms with Gasteiger partial charge in [0.25, 0.3) is 0 Å². The number of sulfonamides is 1. The van der Waals surface area contributed by atoms with Crippen LogP contribution in [-0.2, 0) is 10.0 Å². The van der Waals surface area contributed by atoms with E-state index in [1.54, 1.807) is 37.5 Å². The molecule has 1 aromatic carbocycles. The van der Waals surface area contributed by atoms with E-state index in [4.69, 9.17) is 4.42 Å². The molecule has 1 aliphatic heterocycles. The molecule has 6 nitrogen and oxygen atoms in total. The van der Waals surface area contributed by atoms with Gasteiger partial charge in [-0.1, -0.05) is 18.6 Å². The average Bonchev–Trinajstić information content (AvgIpc) is 3.22. The van der Waals surface area contributed by atoms with E-state index in [1.807, 2.05) is 0 Å². The standard InChI is InChI=1S/C17H21N3O3S/c1-12-19-16(10-23-12)13-4-6-15(7-5-13)24(21,22)20-17-8-2-3-14(17)9-18-11-17/h4-7,10,14,18,20H,2-3,8-9,11H2,1H3/t14-,17-/m0/s1. The van der Waals surface area contributed by atoms with Gasteiger partial charge in [0.1, 0.15) is 12.0 Å². The molecule has 2 aliphatic rings. The Morgan fingerprint density at radius 2 is 2.12 bits per heavy atom. The van der Waals surface area contributed by atoms with Gasteiger partial charge in [0.05, 0.1) is 4.90 Å². The topological polar surface area (TPSA) is 84.2 Å². The molecule has 128 valence electrons. The zero-order chi connectivity index (χ0) is 16.8. The summed E-state index contributed by atoms with van der Waals surface area (Å²) in [6, 6.07) is 6.79. The van der Waals surface area contributed by atoms with Gasteiger partial charge in [-0.2, -0.15) is 0 Å². The highest BCUT2D eigenvalue weighted by Crippen LogP contribution is 2.39. The molecule has 1 saturated heterocycles. The smallest absolute Gasteiger partial charge is 0.241 e. The lowest BCUT2D eigenvalue weighted by atomic mass is 9.92. The monoisotopic (exact) mass is 347 g/mol. The van der Waals surface area contributed by atoms with Crippen molar-refractivity contribution < 1.29 is 12.8 Å². The molecule has 0 amide bonds. The van der Waals surface area contributed by atoms with E-state index in [0.29, 0.717) is 28.9 Å². The van der Waals surface area contributed by atoms with Crippen molar-refractivity contribution in [1.29, 1.82) is 0 Å². The molecule has 2 fully saturated rings. The first-order valence-electron chi connectivity index (χ1n) is 8.26. The number of benzene rings is 1. The molecule has 4 rings (SSSR count). The van der Waals surface area contributed by atoms with E-state index in [2.05, 4.69) is 15.0 Å². The van der Waals surface area contributed by atoms with E-state index >= 15 is 0 Å². The van der Waals surface area contributed by atoms with Gasteiger partial charge in [0.15, 0.2) is 5.89 Å². The molecule has 0 bridgehead atoms. The molecule has 1 saturated carbocycles. The quantitative estimate of drug-likeness (QED) is 0.884. The van der Waals surface area contributed by atoms with Crippen LogP contribution in [0.15, 0.2) is 39.8 Å². The lowest BCUT2D eigenvalue weighted by Crippen LogP contribution is -2.51. The minimum atomic E-state index is -3.53. The third kappa shape index (κ3) is 2.66. The Hall–Kier alpha value is -1.70. The molecule has 7 heteroatoms. The number of oxazole rings is 1. The Balaban J connectivity index is 1.58. The van der Waals surface area contributed by atoms with E-state index in [1.165, 1.54) is 0 Å². The molecule has 2 heterocycles. The molecule has 0 spiro atoms. The molecular formula is C17H21N3O3S. The normalized spacial score (nSPS) is 26.6. The Kier molecular flexibility index (Phi) is 3.74. The summed E-state index contributed by atoms with van der Waals surface area (Å²) in [5, 5.41) is 3.33. The maximum Gasteiger partial charge on any atom is 0.241 e. The number of hydrogen-bond acceptors (Lipinski definition) is 5. The van der Waals surface area contributed by atoms with Crippen LogP contribution in [0.1, 0.15) is 25.2 Å². The molecule has 24 heavy (non-hydrogen) atoms. The summed E-state index contributed by atoms with van der Waals surface area (Å²) >= 11 is 0. The highest BCUT2D eigenvalue weighted by molar-refractivity contribution is 7.89. The van der Waals surface area contributed by atoms with Gasteiger partial charge in [-0.05, 0) is 37.4 Å². The van der Waals surface area contributed by atoms with Crippen molar-refractivity contribution in [2.24, 2.45) is 5.92 Å². The fourth-order valence-corrected chi connectivity index (χ4v) is 5.43. The van der Waals surface area contributed by atoms with Crippen molar-refractivity contribution in [1.82, 2.24) is 15.0 Å². The number of hydrogen-bond donors (Lipinski definition) is 2. The average molecular weight is 347 g/mol. The summed E-state index contributed by atoms with van der Waals surface area (Å²) in [4.78, 5) is 4.55. The van der Waals surface area contributed by atoms with Crippen LogP contribution in [0.3, 0.4) is 0 Å². The molecule has 2 N–H and O–H groups in total. The van der Waals surface area contributed by atoms with Crippen LogP contribution in [0.2, 0.25) is 0 Å². The van der Waals surface area contributed by atoms with Crippen LogP contribution in [-0.4, -0.2) is 32.0 Å². The lowest BCUT2D eigenvalue weighted by molar-refractivity contribution is 0.359. The van der Waals surface area contributed by atoms with Crippen LogP contribution >= 0.6 is 0 Å². The van der Waals surface area contributed by atoms with Gasteiger partial charge in [0.2, 0.25) is 10.0 Å². The SMILES string of the molecule is Cc1nc(-c2ccc(S(=O)(=O)N[C@]34CCC[C@H]3CNC4)cc2)co1. The van der Waals surface area contributed by atoms with Gasteiger partial charge in [-0.25, -0.2) is 18.1 Å². The number of aryl methyl sites for hydroxylation is 1. The predicted octanol–water partition coefficient (Wildman–Crippen LogP) is 2.07. The fraction of sp³-hybridized carbons (Fsp3) is 0.471. The predicted molar refractivity (Wildman–Crippen MR) is 89.9 cm³/mol. The second-order valence-corrected chi connectivity index (χ2v) is 8.44. The Morgan fingerprint density at radius 3 is 2.83 bits per heavy atom. The molecule has 1 aromatic heterocycles. The first-order valence-corrected chi connectivity index (χ1v) is 9.74. The van der Waals surface area contributed by atoms with E-state index in [0.717, 1.165) is 31.4 Å². The first kappa shape index (κ1) is 15.8. The molecule has 0 radical (unpaired) electrons. The van der Waals surface area contributed by atoms with Crippen molar-refractivity contribution in [2.45, 2.75) is 36.6 Å². The van der Waals surface area contributed by atoms with Crippen molar-refractivity contribution >= 4 is 10.0 Å². The third-order valence-electron chi connectivity index (χ3n) is 5.21. The van der Waals surface area contributed by atoms with Gasteiger partial charge in [-0.15, -0.1) is 0 Å². The largest absolute Gasteiger partial charge is 0.449 e. The van der Waals surface area contributed by atoms with Gasteiger partial charge >= 0.3 is 0 Å². The highest BCUT2D eigenvalue weighted by Gasteiger charge is 2.48. The summed E-state index contributed by atoms with van der Waals surface area (Å²) in [5.74, 6) is 0.980. The van der Waals surface area contributed by atoms with Crippen molar-refractivity contribution in [3.8, 4) is 11.3 Å². The highest BCUT2D eigenvalue weighted by atomic mass is 32.2. The van der Waals surface area contributed by atoms with Crippen LogP contribution in [0.25, 0.3) is 11.3 Å². The zero-order valence-corrected chi connectivity index (χ0v) is 14.4. The number of nitrogens with zero attached hydrogens (tertiary/aromatic N) is 1. The number of rotatable bonds is 4. The van der Waals surface area contributed by atoms with Gasteiger partial charge in [0, 0.05) is 24.6 Å². The molecular weight excluding hydrogens is 326 g/mol. The van der Waals surface area contributed by atoms with Crippen LogP contribution in [0.4, 0.5) is 0 Å². The molecule has 0 unspecified atom stereocenters. The van der Waals surface area contributed by atoms with E-state index in [-0.39, 0.29) is 5.54 Å². The van der Waals surface area contributed by atoms with Crippen LogP contribution in [0, 0.1) is 12.8 Å².